The largest absolute Gasteiger partial charge is 0.504 e. The summed E-state index contributed by atoms with van der Waals surface area (Å²) in [6, 6.07) is 7.51. The molecule has 2 aromatic carbocycles. The maximum Gasteiger partial charge on any atom is 0.204 e. The number of phenols is 1. The summed E-state index contributed by atoms with van der Waals surface area (Å²) in [7, 11) is 4.26. The molecule has 0 saturated heterocycles. The molecule has 0 heterocycles. The third-order valence-electron chi connectivity index (χ3n) is 4.31. The normalized spacial score (nSPS) is 14.1. The first-order chi connectivity index (χ1) is 13.4. The number of ether oxygens (including phenoxy) is 4. The van der Waals surface area contributed by atoms with Gasteiger partial charge in [-0.1, -0.05) is 6.07 Å². The molecule has 0 aliphatic heterocycles. The molecule has 4 N–H and O–H groups in total. The predicted octanol–water partition coefficient (Wildman–Crippen LogP) is 1.94. The quantitative estimate of drug-likeness (QED) is 0.510. The van der Waals surface area contributed by atoms with Crippen molar-refractivity contribution in [2.75, 3.05) is 27.9 Å². The molecule has 3 unspecified atom stereocenters. The fourth-order valence-corrected chi connectivity index (χ4v) is 2.70. The molecule has 0 bridgehead atoms. The van der Waals surface area contributed by atoms with E-state index < -0.39 is 24.9 Å². The molecule has 0 aliphatic rings. The van der Waals surface area contributed by atoms with E-state index >= 15 is 0 Å². The van der Waals surface area contributed by atoms with E-state index in [2.05, 4.69) is 0 Å². The van der Waals surface area contributed by atoms with E-state index in [4.69, 9.17) is 18.9 Å². The van der Waals surface area contributed by atoms with Crippen LogP contribution >= 0.6 is 0 Å². The van der Waals surface area contributed by atoms with Gasteiger partial charge >= 0.3 is 0 Å². The van der Waals surface area contributed by atoms with E-state index in [0.29, 0.717) is 11.1 Å². The van der Waals surface area contributed by atoms with E-state index in [1.165, 1.54) is 39.5 Å². The summed E-state index contributed by atoms with van der Waals surface area (Å²) in [5.74, 6) is 0.855. The summed E-state index contributed by atoms with van der Waals surface area (Å²) < 4.78 is 21.5. The van der Waals surface area contributed by atoms with Crippen molar-refractivity contribution in [3.63, 3.8) is 0 Å². The highest BCUT2D eigenvalue weighted by Crippen LogP contribution is 2.42. The fraction of sp³-hybridized carbons (Fsp3) is 0.400. The van der Waals surface area contributed by atoms with E-state index in [0.717, 1.165) is 0 Å². The van der Waals surface area contributed by atoms with Crippen LogP contribution in [-0.2, 0) is 0 Å². The molecule has 0 fully saturated rings. The molecule has 0 amide bonds. The smallest absolute Gasteiger partial charge is 0.204 e. The number of benzene rings is 2. The third kappa shape index (κ3) is 4.59. The zero-order chi connectivity index (χ0) is 20.8. The van der Waals surface area contributed by atoms with Crippen LogP contribution in [0.3, 0.4) is 0 Å². The van der Waals surface area contributed by atoms with Crippen LogP contribution in [-0.4, -0.2) is 54.5 Å². The molecule has 0 spiro atoms. The number of aliphatic hydroxyl groups is 3. The van der Waals surface area contributed by atoms with Crippen LogP contribution in [0.15, 0.2) is 30.3 Å². The zero-order valence-corrected chi connectivity index (χ0v) is 16.2. The summed E-state index contributed by atoms with van der Waals surface area (Å²) in [5, 5.41) is 40.0. The molecule has 8 heteroatoms. The number of hydrogen-bond donors (Lipinski definition) is 4. The molecule has 0 saturated carbocycles. The van der Waals surface area contributed by atoms with Crippen molar-refractivity contribution >= 4 is 0 Å². The number of phenolic OH excluding ortho intramolecular Hbond substituents is 1. The van der Waals surface area contributed by atoms with Gasteiger partial charge in [-0.25, -0.2) is 0 Å². The Labute approximate surface area is 163 Å². The van der Waals surface area contributed by atoms with Crippen LogP contribution in [0, 0.1) is 0 Å². The molecular weight excluding hydrogens is 368 g/mol. The van der Waals surface area contributed by atoms with E-state index in [1.807, 2.05) is 0 Å². The summed E-state index contributed by atoms with van der Waals surface area (Å²) in [5.41, 5.74) is 0.942. The average molecular weight is 394 g/mol. The lowest BCUT2D eigenvalue weighted by molar-refractivity contribution is -0.00179. The standard InChI is InChI=1S/C20H26O8/c1-11(22)13-8-16(26-3)20(17(9-13)27-4)28-18(10-21)19(24)12-5-6-14(23)15(7-12)25-2/h5-9,11,18-19,21-24H,10H2,1-4H3. The highest BCUT2D eigenvalue weighted by molar-refractivity contribution is 5.54. The van der Waals surface area contributed by atoms with Crippen LogP contribution in [0.1, 0.15) is 30.3 Å². The number of methoxy groups -OCH3 is 3. The van der Waals surface area contributed by atoms with Gasteiger partial charge in [0, 0.05) is 0 Å². The van der Waals surface area contributed by atoms with Gasteiger partial charge in [0.15, 0.2) is 29.1 Å². The van der Waals surface area contributed by atoms with Gasteiger partial charge < -0.3 is 39.4 Å². The highest BCUT2D eigenvalue weighted by atomic mass is 16.6. The monoisotopic (exact) mass is 394 g/mol. The van der Waals surface area contributed by atoms with E-state index in [9.17, 15) is 20.4 Å². The Morgan fingerprint density at radius 1 is 0.857 bits per heavy atom. The van der Waals surface area contributed by atoms with Gasteiger partial charge in [0.1, 0.15) is 6.10 Å². The fourth-order valence-electron chi connectivity index (χ4n) is 2.70. The minimum absolute atomic E-state index is 0.0723. The maximum absolute atomic E-state index is 10.7. The van der Waals surface area contributed by atoms with Crippen molar-refractivity contribution in [2.45, 2.75) is 25.2 Å². The molecule has 8 nitrogen and oxygen atoms in total. The molecule has 0 aliphatic carbocycles. The Kier molecular flexibility index (Phi) is 7.33. The average Bonchev–Trinajstić information content (AvgIpc) is 2.71. The summed E-state index contributed by atoms with van der Waals surface area (Å²) in [6.07, 6.45) is -3.04. The summed E-state index contributed by atoms with van der Waals surface area (Å²) >= 11 is 0. The lowest BCUT2D eigenvalue weighted by Crippen LogP contribution is -2.29. The van der Waals surface area contributed by atoms with Gasteiger partial charge in [-0.15, -0.1) is 0 Å². The first-order valence-corrected chi connectivity index (χ1v) is 8.62. The zero-order valence-electron chi connectivity index (χ0n) is 16.2. The van der Waals surface area contributed by atoms with Crippen molar-refractivity contribution < 1.29 is 39.4 Å². The van der Waals surface area contributed by atoms with Crippen LogP contribution in [0.5, 0.6) is 28.7 Å². The van der Waals surface area contributed by atoms with Gasteiger partial charge in [0.05, 0.1) is 34.0 Å². The second-order valence-electron chi connectivity index (χ2n) is 6.15. The lowest BCUT2D eigenvalue weighted by atomic mass is 10.0. The predicted molar refractivity (Wildman–Crippen MR) is 101 cm³/mol. The van der Waals surface area contributed by atoms with Gasteiger partial charge in [0.2, 0.25) is 5.75 Å². The Hall–Kier alpha value is -2.68. The molecule has 2 aromatic rings. The summed E-state index contributed by atoms with van der Waals surface area (Å²) in [4.78, 5) is 0. The molecule has 154 valence electrons. The van der Waals surface area contributed by atoms with Crippen LogP contribution in [0.25, 0.3) is 0 Å². The second-order valence-corrected chi connectivity index (χ2v) is 6.15. The number of aromatic hydroxyl groups is 1. The topological polar surface area (TPSA) is 118 Å². The van der Waals surface area contributed by atoms with Crippen molar-refractivity contribution in [3.8, 4) is 28.7 Å². The SMILES string of the molecule is COc1cc(C(O)C(CO)Oc2c(OC)cc(C(C)O)cc2OC)ccc1O. The Balaban J connectivity index is 2.38. The third-order valence-corrected chi connectivity index (χ3v) is 4.31. The first kappa shape index (κ1) is 21.6. The minimum atomic E-state index is -1.23. The van der Waals surface area contributed by atoms with Crippen molar-refractivity contribution in [3.05, 3.63) is 41.5 Å². The molecule has 0 radical (unpaired) electrons. The highest BCUT2D eigenvalue weighted by Gasteiger charge is 2.27. The molecule has 28 heavy (non-hydrogen) atoms. The number of hydrogen-bond acceptors (Lipinski definition) is 8. The van der Waals surface area contributed by atoms with Gasteiger partial charge in [-0.3, -0.25) is 0 Å². The maximum atomic E-state index is 10.7. The van der Waals surface area contributed by atoms with Crippen LogP contribution in [0.2, 0.25) is 0 Å². The van der Waals surface area contributed by atoms with E-state index in [-0.39, 0.29) is 28.7 Å². The van der Waals surface area contributed by atoms with Gasteiger partial charge in [-0.2, -0.15) is 0 Å². The van der Waals surface area contributed by atoms with Crippen molar-refractivity contribution in [1.29, 1.82) is 0 Å². The van der Waals surface area contributed by atoms with Crippen molar-refractivity contribution in [1.82, 2.24) is 0 Å². The van der Waals surface area contributed by atoms with Gasteiger partial charge in [-0.05, 0) is 42.3 Å². The lowest BCUT2D eigenvalue weighted by Gasteiger charge is -2.25. The summed E-state index contributed by atoms with van der Waals surface area (Å²) in [6.45, 7) is 1.10. The first-order valence-electron chi connectivity index (χ1n) is 8.62. The molecule has 0 aromatic heterocycles. The van der Waals surface area contributed by atoms with Crippen LogP contribution in [0.4, 0.5) is 0 Å². The second kappa shape index (κ2) is 9.50. The molecular formula is C20H26O8. The minimum Gasteiger partial charge on any atom is -0.504 e. The Morgan fingerprint density at radius 2 is 1.39 bits per heavy atom. The Bertz CT molecular complexity index is 765. The molecule has 2 rings (SSSR count). The van der Waals surface area contributed by atoms with Crippen LogP contribution < -0.4 is 18.9 Å². The van der Waals surface area contributed by atoms with E-state index in [1.54, 1.807) is 19.1 Å². The Morgan fingerprint density at radius 3 is 1.86 bits per heavy atom. The van der Waals surface area contributed by atoms with Crippen molar-refractivity contribution in [2.24, 2.45) is 0 Å². The number of aliphatic hydroxyl groups excluding tert-OH is 3. The van der Waals surface area contributed by atoms with Gasteiger partial charge in [0.25, 0.3) is 0 Å². The number of rotatable bonds is 9. The molecule has 3 atom stereocenters.